The number of halogens is 3. The molecule has 0 bridgehead atoms. The molecule has 7 heteroatoms. The molecule has 1 heterocycles. The fraction of sp³-hybridized carbons (Fsp3) is 0.182. The van der Waals surface area contributed by atoms with Crippen LogP contribution in [0.4, 0.5) is 19.0 Å². The first-order valence-corrected chi connectivity index (χ1v) is 4.96. The number of rotatable bonds is 3. The second-order valence-electron chi connectivity index (χ2n) is 3.53. The van der Waals surface area contributed by atoms with Gasteiger partial charge in [-0.15, -0.1) is 0 Å². The van der Waals surface area contributed by atoms with E-state index < -0.39 is 11.7 Å². The summed E-state index contributed by atoms with van der Waals surface area (Å²) in [5.74, 6) is 0.627. The molecule has 0 radical (unpaired) electrons. The fourth-order valence-corrected chi connectivity index (χ4v) is 1.31. The second kappa shape index (κ2) is 4.59. The average molecular weight is 258 g/mol. The second-order valence-corrected chi connectivity index (χ2v) is 3.53. The van der Waals surface area contributed by atoms with Crippen LogP contribution in [0, 0.1) is 0 Å². The van der Waals surface area contributed by atoms with Crippen LogP contribution >= 0.6 is 0 Å². The molecule has 2 rings (SSSR count). The van der Waals surface area contributed by atoms with Gasteiger partial charge in [-0.1, -0.05) is 11.2 Å². The van der Waals surface area contributed by atoms with E-state index in [9.17, 15) is 13.2 Å². The van der Waals surface area contributed by atoms with E-state index in [-0.39, 0.29) is 18.2 Å². The van der Waals surface area contributed by atoms with Crippen molar-refractivity contribution in [3.8, 4) is 5.75 Å². The molecule has 2 aromatic rings. The van der Waals surface area contributed by atoms with Crippen LogP contribution in [0.5, 0.6) is 5.75 Å². The van der Waals surface area contributed by atoms with Gasteiger partial charge in [-0.05, 0) is 18.2 Å². The van der Waals surface area contributed by atoms with Crippen molar-refractivity contribution < 1.29 is 22.4 Å². The zero-order valence-electron chi connectivity index (χ0n) is 9.07. The Hall–Kier alpha value is -2.18. The van der Waals surface area contributed by atoms with Crippen molar-refractivity contribution in [2.24, 2.45) is 0 Å². The summed E-state index contributed by atoms with van der Waals surface area (Å²) in [4.78, 5) is 0. The van der Waals surface area contributed by atoms with Crippen molar-refractivity contribution in [1.82, 2.24) is 5.16 Å². The maximum absolute atomic E-state index is 12.4. The number of benzene rings is 1. The molecule has 0 fully saturated rings. The first kappa shape index (κ1) is 12.3. The highest BCUT2D eigenvalue weighted by Crippen LogP contribution is 2.31. The Balaban J connectivity index is 2.06. The predicted octanol–water partition coefficient (Wildman–Crippen LogP) is 2.85. The summed E-state index contributed by atoms with van der Waals surface area (Å²) in [7, 11) is 0. The van der Waals surface area contributed by atoms with Crippen LogP contribution in [0.15, 0.2) is 34.9 Å². The summed E-state index contributed by atoms with van der Waals surface area (Å²) >= 11 is 0. The van der Waals surface area contributed by atoms with E-state index >= 15 is 0 Å². The van der Waals surface area contributed by atoms with Crippen LogP contribution in [0.3, 0.4) is 0 Å². The molecule has 0 aliphatic carbocycles. The zero-order chi connectivity index (χ0) is 13.2. The van der Waals surface area contributed by atoms with Crippen LogP contribution in [0.1, 0.15) is 11.3 Å². The minimum Gasteiger partial charge on any atom is -0.486 e. The molecule has 0 saturated heterocycles. The van der Waals surface area contributed by atoms with Gasteiger partial charge in [0.05, 0.1) is 5.56 Å². The minimum atomic E-state index is -4.39. The summed E-state index contributed by atoms with van der Waals surface area (Å²) < 4.78 is 47.2. The van der Waals surface area contributed by atoms with Gasteiger partial charge in [0.25, 0.3) is 0 Å². The lowest BCUT2D eigenvalue weighted by Gasteiger charge is -2.09. The molecule has 0 spiro atoms. The highest BCUT2D eigenvalue weighted by molar-refractivity contribution is 5.31. The van der Waals surface area contributed by atoms with E-state index in [4.69, 9.17) is 15.0 Å². The van der Waals surface area contributed by atoms with E-state index in [0.29, 0.717) is 5.76 Å². The Labute approximate surface area is 100 Å². The maximum Gasteiger partial charge on any atom is 0.416 e. The summed E-state index contributed by atoms with van der Waals surface area (Å²) in [6.45, 7) is -0.0362. The first-order chi connectivity index (χ1) is 8.45. The van der Waals surface area contributed by atoms with Crippen LogP contribution in [0.25, 0.3) is 0 Å². The van der Waals surface area contributed by atoms with Crippen molar-refractivity contribution in [2.45, 2.75) is 12.8 Å². The number of nitrogens with zero attached hydrogens (tertiary/aromatic N) is 1. The maximum atomic E-state index is 12.4. The molecular weight excluding hydrogens is 249 g/mol. The fourth-order valence-electron chi connectivity index (χ4n) is 1.31. The molecule has 0 atom stereocenters. The third kappa shape index (κ3) is 2.93. The number of alkyl halides is 3. The summed E-state index contributed by atoms with van der Waals surface area (Å²) in [5, 5.41) is 3.43. The molecule has 1 aromatic carbocycles. The normalized spacial score (nSPS) is 11.5. The summed E-state index contributed by atoms with van der Waals surface area (Å²) in [6, 6.07) is 6.02. The van der Waals surface area contributed by atoms with E-state index in [0.717, 1.165) is 12.1 Å². The molecule has 2 N–H and O–H groups in total. The van der Waals surface area contributed by atoms with Crippen molar-refractivity contribution in [1.29, 1.82) is 0 Å². The van der Waals surface area contributed by atoms with Crippen molar-refractivity contribution in [3.05, 3.63) is 41.7 Å². The smallest absolute Gasteiger partial charge is 0.416 e. The van der Waals surface area contributed by atoms with Gasteiger partial charge in [0.2, 0.25) is 0 Å². The van der Waals surface area contributed by atoms with Gasteiger partial charge < -0.3 is 15.0 Å². The molecular formula is C11H9F3N2O2. The van der Waals surface area contributed by atoms with Crippen molar-refractivity contribution >= 4 is 5.82 Å². The zero-order valence-corrected chi connectivity index (χ0v) is 9.07. The summed E-state index contributed by atoms with van der Waals surface area (Å²) in [5.41, 5.74) is 4.55. The number of hydrogen-bond acceptors (Lipinski definition) is 4. The van der Waals surface area contributed by atoms with E-state index in [1.165, 1.54) is 18.2 Å². The van der Waals surface area contributed by atoms with Gasteiger partial charge in [0.1, 0.15) is 12.4 Å². The molecule has 0 amide bonds. The highest BCUT2D eigenvalue weighted by Gasteiger charge is 2.30. The molecule has 1 aromatic heterocycles. The van der Waals surface area contributed by atoms with Gasteiger partial charge in [-0.2, -0.15) is 13.2 Å². The lowest BCUT2D eigenvalue weighted by Crippen LogP contribution is -2.05. The van der Waals surface area contributed by atoms with Gasteiger partial charge in [0, 0.05) is 6.07 Å². The standard InChI is InChI=1S/C11H9F3N2O2/c12-11(13,14)7-2-1-3-8(4-7)17-6-9-5-10(15)16-18-9/h1-5H,6H2,(H2,15,16). The van der Waals surface area contributed by atoms with Gasteiger partial charge >= 0.3 is 6.18 Å². The Morgan fingerprint density at radius 2 is 2.06 bits per heavy atom. The molecule has 0 aliphatic rings. The van der Waals surface area contributed by atoms with Crippen molar-refractivity contribution in [2.75, 3.05) is 5.73 Å². The third-order valence-corrected chi connectivity index (χ3v) is 2.12. The van der Waals surface area contributed by atoms with Crippen LogP contribution < -0.4 is 10.5 Å². The Morgan fingerprint density at radius 3 is 2.67 bits per heavy atom. The minimum absolute atomic E-state index is 0.0362. The lowest BCUT2D eigenvalue weighted by molar-refractivity contribution is -0.137. The molecule has 0 saturated carbocycles. The van der Waals surface area contributed by atoms with E-state index in [1.54, 1.807) is 0 Å². The van der Waals surface area contributed by atoms with Crippen LogP contribution in [-0.2, 0) is 12.8 Å². The first-order valence-electron chi connectivity index (χ1n) is 4.96. The molecule has 96 valence electrons. The molecule has 0 aliphatic heterocycles. The monoisotopic (exact) mass is 258 g/mol. The average Bonchev–Trinajstić information content (AvgIpc) is 2.72. The largest absolute Gasteiger partial charge is 0.486 e. The SMILES string of the molecule is Nc1cc(COc2cccc(C(F)(F)F)c2)on1. The Morgan fingerprint density at radius 1 is 1.28 bits per heavy atom. The van der Waals surface area contributed by atoms with E-state index in [2.05, 4.69) is 5.16 Å². The highest BCUT2D eigenvalue weighted by atomic mass is 19.4. The van der Waals surface area contributed by atoms with E-state index in [1.807, 2.05) is 0 Å². The quantitative estimate of drug-likeness (QED) is 0.919. The van der Waals surface area contributed by atoms with Gasteiger partial charge in [-0.3, -0.25) is 0 Å². The Kier molecular flexibility index (Phi) is 3.14. The van der Waals surface area contributed by atoms with Crippen LogP contribution in [-0.4, -0.2) is 5.16 Å². The lowest BCUT2D eigenvalue weighted by atomic mass is 10.2. The van der Waals surface area contributed by atoms with Crippen LogP contribution in [0.2, 0.25) is 0 Å². The van der Waals surface area contributed by atoms with Gasteiger partial charge in [-0.25, -0.2) is 0 Å². The van der Waals surface area contributed by atoms with Gasteiger partial charge in [0.15, 0.2) is 11.6 Å². The number of aromatic nitrogens is 1. The molecule has 18 heavy (non-hydrogen) atoms. The van der Waals surface area contributed by atoms with Crippen molar-refractivity contribution in [3.63, 3.8) is 0 Å². The number of ether oxygens (including phenoxy) is 1. The number of nitrogens with two attached hydrogens (primary N) is 1. The Bertz CT molecular complexity index is 537. The predicted molar refractivity (Wildman–Crippen MR) is 56.7 cm³/mol. The topological polar surface area (TPSA) is 61.3 Å². The number of nitrogen functional groups attached to an aromatic ring is 1. The molecule has 4 nitrogen and oxygen atoms in total. The number of hydrogen-bond donors (Lipinski definition) is 1. The molecule has 0 unspecified atom stereocenters. The third-order valence-electron chi connectivity index (χ3n) is 2.12. The number of anilines is 1. The summed E-state index contributed by atoms with van der Waals surface area (Å²) in [6.07, 6.45) is -4.39.